The van der Waals surface area contributed by atoms with Crippen LogP contribution in [-0.4, -0.2) is 74.1 Å². The highest BCUT2D eigenvalue weighted by Gasteiger charge is 2.44. The van der Waals surface area contributed by atoms with Crippen LogP contribution in [0.25, 0.3) is 0 Å². The molecule has 1 aliphatic heterocycles. The van der Waals surface area contributed by atoms with Crippen LogP contribution < -0.4 is 0 Å². The number of aryl methyl sites for hydroxylation is 1. The molecule has 6 N–H and O–H groups in total. The SMILES string of the molecule is C[C@H](CCc1cc(O)cc(O)c1)O[C@@H]1O[C@H](CO)[C@@H](O)[C@H](O)[C@H]1O. The van der Waals surface area contributed by atoms with Gasteiger partial charge >= 0.3 is 0 Å². The smallest absolute Gasteiger partial charge is 0.186 e. The van der Waals surface area contributed by atoms with Crippen LogP contribution in [-0.2, 0) is 15.9 Å². The minimum atomic E-state index is -1.48. The maximum Gasteiger partial charge on any atom is 0.186 e. The lowest BCUT2D eigenvalue weighted by Gasteiger charge is -2.40. The van der Waals surface area contributed by atoms with Gasteiger partial charge in [-0.15, -0.1) is 0 Å². The van der Waals surface area contributed by atoms with Crippen molar-refractivity contribution >= 4 is 0 Å². The molecule has 1 aliphatic rings. The first-order valence-electron chi connectivity index (χ1n) is 7.79. The molecule has 1 aromatic rings. The quantitative estimate of drug-likeness (QED) is 0.396. The van der Waals surface area contributed by atoms with Crippen LogP contribution in [0.3, 0.4) is 0 Å². The Labute approximate surface area is 139 Å². The number of rotatable bonds is 6. The van der Waals surface area contributed by atoms with E-state index in [9.17, 15) is 25.5 Å². The molecule has 6 atom stereocenters. The summed E-state index contributed by atoms with van der Waals surface area (Å²) in [5, 5.41) is 57.4. The first-order valence-corrected chi connectivity index (χ1v) is 7.79. The van der Waals surface area contributed by atoms with Crippen molar-refractivity contribution < 1.29 is 40.1 Å². The van der Waals surface area contributed by atoms with Crippen molar-refractivity contribution in [2.45, 2.75) is 56.6 Å². The molecule has 0 aromatic heterocycles. The molecule has 0 bridgehead atoms. The van der Waals surface area contributed by atoms with Crippen molar-refractivity contribution in [3.8, 4) is 11.5 Å². The van der Waals surface area contributed by atoms with E-state index in [0.29, 0.717) is 12.8 Å². The van der Waals surface area contributed by atoms with E-state index in [-0.39, 0.29) is 17.6 Å². The van der Waals surface area contributed by atoms with Crippen molar-refractivity contribution in [2.75, 3.05) is 6.61 Å². The van der Waals surface area contributed by atoms with Gasteiger partial charge in [0, 0.05) is 6.07 Å². The summed E-state index contributed by atoms with van der Waals surface area (Å²) in [6.07, 6.45) is -5.90. The van der Waals surface area contributed by atoms with E-state index in [1.165, 1.54) is 18.2 Å². The number of aromatic hydroxyl groups is 2. The zero-order valence-electron chi connectivity index (χ0n) is 13.3. The molecule has 136 valence electrons. The van der Waals surface area contributed by atoms with Crippen LogP contribution in [0.2, 0.25) is 0 Å². The third-order valence-corrected chi connectivity index (χ3v) is 4.02. The summed E-state index contributed by atoms with van der Waals surface area (Å²) < 4.78 is 10.8. The summed E-state index contributed by atoms with van der Waals surface area (Å²) in [6.45, 7) is 1.23. The van der Waals surface area contributed by atoms with Gasteiger partial charge in [-0.25, -0.2) is 0 Å². The van der Waals surface area contributed by atoms with Gasteiger partial charge in [0.25, 0.3) is 0 Å². The molecule has 0 unspecified atom stereocenters. The van der Waals surface area contributed by atoms with Crippen LogP contribution in [0, 0.1) is 0 Å². The molecule has 0 aliphatic carbocycles. The van der Waals surface area contributed by atoms with Crippen molar-refractivity contribution in [2.24, 2.45) is 0 Å². The van der Waals surface area contributed by atoms with Gasteiger partial charge in [0.1, 0.15) is 35.9 Å². The number of hydrogen-bond acceptors (Lipinski definition) is 8. The summed E-state index contributed by atoms with van der Waals surface area (Å²) in [7, 11) is 0. The zero-order chi connectivity index (χ0) is 17.9. The molecule has 0 saturated carbocycles. The van der Waals surface area contributed by atoms with E-state index in [2.05, 4.69) is 0 Å². The van der Waals surface area contributed by atoms with E-state index in [1.54, 1.807) is 6.92 Å². The third-order valence-electron chi connectivity index (χ3n) is 4.02. The molecule has 2 rings (SSSR count). The average molecular weight is 344 g/mol. The fourth-order valence-corrected chi connectivity index (χ4v) is 2.65. The maximum absolute atomic E-state index is 9.92. The average Bonchev–Trinajstić information content (AvgIpc) is 2.52. The number of phenolic OH excluding ortho intramolecular Hbond substituents is 2. The van der Waals surface area contributed by atoms with E-state index in [0.717, 1.165) is 5.56 Å². The summed E-state index contributed by atoms with van der Waals surface area (Å²) in [5.74, 6) is -0.0694. The molecule has 1 heterocycles. The number of aliphatic hydroxyl groups is 4. The maximum atomic E-state index is 9.92. The molecule has 1 saturated heterocycles. The minimum Gasteiger partial charge on any atom is -0.508 e. The monoisotopic (exact) mass is 344 g/mol. The largest absolute Gasteiger partial charge is 0.508 e. The first-order chi connectivity index (χ1) is 11.3. The first kappa shape index (κ1) is 18.9. The molecule has 0 spiro atoms. The Hall–Kier alpha value is -1.42. The minimum absolute atomic E-state index is 0.0347. The predicted molar refractivity (Wildman–Crippen MR) is 82.4 cm³/mol. The Kier molecular flexibility index (Phi) is 6.39. The molecule has 24 heavy (non-hydrogen) atoms. The normalized spacial score (nSPS) is 31.8. The molecule has 1 fully saturated rings. The Balaban J connectivity index is 1.90. The summed E-state index contributed by atoms with van der Waals surface area (Å²) in [6, 6.07) is 4.29. The number of benzene rings is 1. The van der Waals surface area contributed by atoms with Gasteiger partial charge in [-0.05, 0) is 37.5 Å². The van der Waals surface area contributed by atoms with Gasteiger partial charge < -0.3 is 40.1 Å². The van der Waals surface area contributed by atoms with Crippen molar-refractivity contribution in [3.63, 3.8) is 0 Å². The van der Waals surface area contributed by atoms with Gasteiger partial charge in [-0.1, -0.05) is 0 Å². The number of aliphatic hydroxyl groups excluding tert-OH is 4. The lowest BCUT2D eigenvalue weighted by atomic mass is 9.99. The Morgan fingerprint density at radius 1 is 1.04 bits per heavy atom. The van der Waals surface area contributed by atoms with Crippen LogP contribution in [0.4, 0.5) is 0 Å². The second-order valence-electron chi connectivity index (χ2n) is 6.04. The second kappa shape index (κ2) is 8.11. The molecule has 0 amide bonds. The van der Waals surface area contributed by atoms with Crippen LogP contribution in [0.15, 0.2) is 18.2 Å². The van der Waals surface area contributed by atoms with Gasteiger partial charge in [-0.3, -0.25) is 0 Å². The predicted octanol–water partition coefficient (Wildman–Crippen LogP) is -0.765. The second-order valence-corrected chi connectivity index (χ2v) is 6.04. The standard InChI is InChI=1S/C16H24O8/c1-8(2-3-9-4-10(18)6-11(19)5-9)23-16-15(22)14(21)13(20)12(7-17)24-16/h4-6,8,12-22H,2-3,7H2,1H3/t8-,12-,13-,14+,15-,16-/m1/s1. The summed E-state index contributed by atoms with van der Waals surface area (Å²) in [5.41, 5.74) is 0.719. The third kappa shape index (κ3) is 4.56. The highest BCUT2D eigenvalue weighted by atomic mass is 16.7. The van der Waals surface area contributed by atoms with Crippen LogP contribution in [0.1, 0.15) is 18.9 Å². The van der Waals surface area contributed by atoms with E-state index in [1.807, 2.05) is 0 Å². The molecule has 8 nitrogen and oxygen atoms in total. The fourth-order valence-electron chi connectivity index (χ4n) is 2.65. The van der Waals surface area contributed by atoms with Crippen LogP contribution >= 0.6 is 0 Å². The lowest BCUT2D eigenvalue weighted by Crippen LogP contribution is -2.59. The van der Waals surface area contributed by atoms with Crippen molar-refractivity contribution in [1.29, 1.82) is 0 Å². The van der Waals surface area contributed by atoms with Gasteiger partial charge in [0.15, 0.2) is 6.29 Å². The van der Waals surface area contributed by atoms with Gasteiger partial charge in [0.2, 0.25) is 0 Å². The molecular formula is C16H24O8. The van der Waals surface area contributed by atoms with Crippen molar-refractivity contribution in [1.82, 2.24) is 0 Å². The topological polar surface area (TPSA) is 140 Å². The Morgan fingerprint density at radius 3 is 2.25 bits per heavy atom. The number of hydrogen-bond donors (Lipinski definition) is 6. The molecule has 8 heteroatoms. The summed E-state index contributed by atoms with van der Waals surface area (Å²) in [4.78, 5) is 0. The Bertz CT molecular complexity index is 515. The lowest BCUT2D eigenvalue weighted by molar-refractivity contribution is -0.310. The Morgan fingerprint density at radius 2 is 1.67 bits per heavy atom. The zero-order valence-corrected chi connectivity index (χ0v) is 13.3. The number of phenols is 2. The van der Waals surface area contributed by atoms with Crippen molar-refractivity contribution in [3.05, 3.63) is 23.8 Å². The van der Waals surface area contributed by atoms with E-state index < -0.39 is 37.3 Å². The summed E-state index contributed by atoms with van der Waals surface area (Å²) >= 11 is 0. The molecule has 1 aromatic carbocycles. The van der Waals surface area contributed by atoms with E-state index in [4.69, 9.17) is 14.6 Å². The van der Waals surface area contributed by atoms with E-state index >= 15 is 0 Å². The number of ether oxygens (including phenoxy) is 2. The molecule has 0 radical (unpaired) electrons. The highest BCUT2D eigenvalue weighted by molar-refractivity contribution is 5.36. The van der Waals surface area contributed by atoms with Gasteiger partial charge in [0.05, 0.1) is 12.7 Å². The van der Waals surface area contributed by atoms with Crippen LogP contribution in [0.5, 0.6) is 11.5 Å². The highest BCUT2D eigenvalue weighted by Crippen LogP contribution is 2.25. The fraction of sp³-hybridized carbons (Fsp3) is 0.625. The van der Waals surface area contributed by atoms with Gasteiger partial charge in [-0.2, -0.15) is 0 Å². The molecular weight excluding hydrogens is 320 g/mol.